The highest BCUT2D eigenvalue weighted by Crippen LogP contribution is 2.25. The Kier molecular flexibility index (Phi) is 4.06. The lowest BCUT2D eigenvalue weighted by molar-refractivity contribution is 0.258. The third kappa shape index (κ3) is 2.74. The lowest BCUT2D eigenvalue weighted by atomic mass is 10.1. The summed E-state index contributed by atoms with van der Waals surface area (Å²) in [6, 6.07) is 7.66. The average Bonchev–Trinajstić information content (AvgIpc) is 2.41. The first-order chi connectivity index (χ1) is 8.74. The van der Waals surface area contributed by atoms with Gasteiger partial charge in [0.1, 0.15) is 0 Å². The Labute approximate surface area is 109 Å². The summed E-state index contributed by atoms with van der Waals surface area (Å²) in [4.78, 5) is 4.75. The van der Waals surface area contributed by atoms with Crippen LogP contribution in [-0.2, 0) is 0 Å². The Morgan fingerprint density at radius 1 is 1.28 bits per heavy atom. The summed E-state index contributed by atoms with van der Waals surface area (Å²) < 4.78 is 0. The van der Waals surface area contributed by atoms with Crippen LogP contribution in [0.1, 0.15) is 18.9 Å². The van der Waals surface area contributed by atoms with Gasteiger partial charge in [0.2, 0.25) is 0 Å². The monoisotopic (exact) mass is 244 g/mol. The van der Waals surface area contributed by atoms with Crippen molar-refractivity contribution >= 4 is 11.4 Å². The maximum absolute atomic E-state index is 8.95. The van der Waals surface area contributed by atoms with Crippen LogP contribution >= 0.6 is 0 Å². The molecular formula is C14H20N4. The number of hydrogen-bond donors (Lipinski definition) is 1. The molecule has 0 amide bonds. The summed E-state index contributed by atoms with van der Waals surface area (Å²) >= 11 is 0. The Hall–Kier alpha value is -1.73. The van der Waals surface area contributed by atoms with E-state index < -0.39 is 0 Å². The van der Waals surface area contributed by atoms with E-state index in [1.165, 1.54) is 13.0 Å². The first kappa shape index (κ1) is 12.7. The predicted octanol–water partition coefficient (Wildman–Crippen LogP) is 1.67. The maximum Gasteiger partial charge on any atom is 0.0992 e. The second kappa shape index (κ2) is 5.74. The van der Waals surface area contributed by atoms with Gasteiger partial charge in [-0.05, 0) is 31.2 Å². The van der Waals surface area contributed by atoms with Crippen LogP contribution in [0.5, 0.6) is 0 Å². The van der Waals surface area contributed by atoms with E-state index in [0.717, 1.165) is 37.6 Å². The number of anilines is 2. The topological polar surface area (TPSA) is 56.3 Å². The standard InChI is InChI=1S/C14H20N4/c1-2-5-17-6-8-18(9-7-17)14-10-12(11-15)3-4-13(14)16/h3-4,10H,2,5-9,16H2,1H3. The number of nitrogens with zero attached hydrogens (tertiary/aromatic N) is 3. The average molecular weight is 244 g/mol. The zero-order valence-corrected chi connectivity index (χ0v) is 10.9. The van der Waals surface area contributed by atoms with Crippen molar-refractivity contribution in [2.75, 3.05) is 43.4 Å². The molecule has 2 rings (SSSR count). The van der Waals surface area contributed by atoms with E-state index >= 15 is 0 Å². The van der Waals surface area contributed by atoms with Gasteiger partial charge in [0, 0.05) is 26.2 Å². The smallest absolute Gasteiger partial charge is 0.0992 e. The van der Waals surface area contributed by atoms with Crippen LogP contribution in [0, 0.1) is 11.3 Å². The molecule has 0 atom stereocenters. The van der Waals surface area contributed by atoms with Gasteiger partial charge in [-0.15, -0.1) is 0 Å². The summed E-state index contributed by atoms with van der Waals surface area (Å²) in [5.74, 6) is 0. The van der Waals surface area contributed by atoms with Gasteiger partial charge in [-0.3, -0.25) is 4.90 Å². The highest BCUT2D eigenvalue weighted by molar-refractivity contribution is 5.69. The number of benzene rings is 1. The number of nitriles is 1. The van der Waals surface area contributed by atoms with E-state index in [4.69, 9.17) is 11.0 Å². The molecule has 0 aliphatic carbocycles. The normalized spacial score (nSPS) is 16.6. The van der Waals surface area contributed by atoms with Gasteiger partial charge in [0.05, 0.1) is 23.0 Å². The fourth-order valence-corrected chi connectivity index (χ4v) is 2.42. The summed E-state index contributed by atoms with van der Waals surface area (Å²) in [6.45, 7) is 7.49. The molecule has 1 heterocycles. The first-order valence-electron chi connectivity index (χ1n) is 6.51. The minimum absolute atomic E-state index is 0.676. The minimum Gasteiger partial charge on any atom is -0.397 e. The van der Waals surface area contributed by atoms with Crippen molar-refractivity contribution in [1.82, 2.24) is 4.90 Å². The van der Waals surface area contributed by atoms with Gasteiger partial charge in [0.15, 0.2) is 0 Å². The SMILES string of the molecule is CCCN1CCN(c2cc(C#N)ccc2N)CC1. The first-order valence-corrected chi connectivity index (χ1v) is 6.51. The van der Waals surface area contributed by atoms with Crippen molar-refractivity contribution in [3.05, 3.63) is 23.8 Å². The molecule has 2 N–H and O–H groups in total. The van der Waals surface area contributed by atoms with Crippen LogP contribution in [0.25, 0.3) is 0 Å². The highest BCUT2D eigenvalue weighted by Gasteiger charge is 2.18. The van der Waals surface area contributed by atoms with Gasteiger partial charge in [-0.1, -0.05) is 6.92 Å². The molecule has 0 bridgehead atoms. The van der Waals surface area contributed by atoms with Crippen LogP contribution in [0.4, 0.5) is 11.4 Å². The molecule has 0 radical (unpaired) electrons. The molecule has 18 heavy (non-hydrogen) atoms. The lowest BCUT2D eigenvalue weighted by Crippen LogP contribution is -2.46. The molecule has 0 spiro atoms. The van der Waals surface area contributed by atoms with Crippen LogP contribution in [0.2, 0.25) is 0 Å². The molecule has 1 aliphatic rings. The molecule has 96 valence electrons. The van der Waals surface area contributed by atoms with E-state index in [9.17, 15) is 0 Å². The third-order valence-electron chi connectivity index (χ3n) is 3.41. The summed E-state index contributed by atoms with van der Waals surface area (Å²) in [7, 11) is 0. The van der Waals surface area contributed by atoms with E-state index in [0.29, 0.717) is 5.56 Å². The molecule has 1 aromatic rings. The van der Waals surface area contributed by atoms with Crippen molar-refractivity contribution < 1.29 is 0 Å². The molecule has 4 heteroatoms. The quantitative estimate of drug-likeness (QED) is 0.822. The van der Waals surface area contributed by atoms with Gasteiger partial charge in [0.25, 0.3) is 0 Å². The van der Waals surface area contributed by atoms with E-state index in [1.807, 2.05) is 12.1 Å². The van der Waals surface area contributed by atoms with Crippen LogP contribution in [-0.4, -0.2) is 37.6 Å². The van der Waals surface area contributed by atoms with Gasteiger partial charge in [-0.2, -0.15) is 5.26 Å². The van der Waals surface area contributed by atoms with Crippen molar-refractivity contribution in [3.63, 3.8) is 0 Å². The lowest BCUT2D eigenvalue weighted by Gasteiger charge is -2.36. The van der Waals surface area contributed by atoms with Crippen molar-refractivity contribution in [2.24, 2.45) is 0 Å². The molecule has 1 aliphatic heterocycles. The molecule has 4 nitrogen and oxygen atoms in total. The molecule has 0 saturated carbocycles. The Morgan fingerprint density at radius 3 is 2.61 bits per heavy atom. The molecular weight excluding hydrogens is 224 g/mol. The minimum atomic E-state index is 0.676. The van der Waals surface area contributed by atoms with Crippen LogP contribution < -0.4 is 10.6 Å². The second-order valence-corrected chi connectivity index (χ2v) is 4.71. The zero-order valence-electron chi connectivity index (χ0n) is 10.9. The number of nitrogens with two attached hydrogens (primary N) is 1. The highest BCUT2D eigenvalue weighted by atomic mass is 15.3. The van der Waals surface area contributed by atoms with E-state index in [-0.39, 0.29) is 0 Å². The summed E-state index contributed by atoms with van der Waals surface area (Å²) in [6.07, 6.45) is 1.20. The van der Waals surface area contributed by atoms with E-state index in [2.05, 4.69) is 22.8 Å². The molecule has 1 fully saturated rings. The Bertz CT molecular complexity index is 442. The molecule has 1 aromatic carbocycles. The zero-order chi connectivity index (χ0) is 13.0. The number of hydrogen-bond acceptors (Lipinski definition) is 4. The number of nitrogen functional groups attached to an aromatic ring is 1. The summed E-state index contributed by atoms with van der Waals surface area (Å²) in [5, 5.41) is 8.95. The number of rotatable bonds is 3. The molecule has 0 unspecified atom stereocenters. The van der Waals surface area contributed by atoms with Crippen molar-refractivity contribution in [1.29, 1.82) is 5.26 Å². The van der Waals surface area contributed by atoms with Crippen LogP contribution in [0.3, 0.4) is 0 Å². The largest absolute Gasteiger partial charge is 0.397 e. The van der Waals surface area contributed by atoms with Gasteiger partial charge in [-0.25, -0.2) is 0 Å². The fraction of sp³-hybridized carbons (Fsp3) is 0.500. The Morgan fingerprint density at radius 2 is 2.00 bits per heavy atom. The fourth-order valence-electron chi connectivity index (χ4n) is 2.42. The predicted molar refractivity (Wildman–Crippen MR) is 74.5 cm³/mol. The van der Waals surface area contributed by atoms with E-state index in [1.54, 1.807) is 6.07 Å². The maximum atomic E-state index is 8.95. The number of piperazine rings is 1. The molecule has 0 aromatic heterocycles. The van der Waals surface area contributed by atoms with Gasteiger partial charge >= 0.3 is 0 Å². The van der Waals surface area contributed by atoms with Crippen molar-refractivity contribution in [2.45, 2.75) is 13.3 Å². The van der Waals surface area contributed by atoms with Crippen molar-refractivity contribution in [3.8, 4) is 6.07 Å². The third-order valence-corrected chi connectivity index (χ3v) is 3.41. The second-order valence-electron chi connectivity index (χ2n) is 4.71. The Balaban J connectivity index is 2.07. The molecule has 1 saturated heterocycles. The summed E-state index contributed by atoms with van der Waals surface area (Å²) in [5.41, 5.74) is 8.45. The van der Waals surface area contributed by atoms with Gasteiger partial charge < -0.3 is 10.6 Å². The van der Waals surface area contributed by atoms with Crippen LogP contribution in [0.15, 0.2) is 18.2 Å².